The monoisotopic (exact) mass is 376 g/mol. The van der Waals surface area contributed by atoms with E-state index in [0.29, 0.717) is 6.54 Å². The number of rotatable bonds is 7. The average molecular weight is 377 g/mol. The topological polar surface area (TPSA) is 61.0 Å². The van der Waals surface area contributed by atoms with Gasteiger partial charge in [-0.2, -0.15) is 5.10 Å². The molecule has 0 aliphatic heterocycles. The van der Waals surface area contributed by atoms with Crippen molar-refractivity contribution in [2.75, 3.05) is 20.6 Å². The van der Waals surface area contributed by atoms with Crippen LogP contribution < -0.4 is 5.32 Å². The minimum absolute atomic E-state index is 0.0225. The Morgan fingerprint density at radius 2 is 2.07 bits per heavy atom. The number of amides is 1. The second-order valence-electron chi connectivity index (χ2n) is 8.40. The number of likely N-dealkylation sites (N-methyl/N-ethyl adjacent to an activating group) is 1. The Morgan fingerprint density at radius 1 is 1.29 bits per heavy atom. The van der Waals surface area contributed by atoms with E-state index in [9.17, 15) is 4.79 Å². The third-order valence-electron chi connectivity index (χ3n) is 6.21. The van der Waals surface area contributed by atoms with Crippen molar-refractivity contribution in [1.82, 2.24) is 20.4 Å². The first kappa shape index (κ1) is 18.7. The van der Waals surface area contributed by atoms with Gasteiger partial charge in [0.05, 0.1) is 11.7 Å². The lowest BCUT2D eigenvalue weighted by Gasteiger charge is -2.25. The number of H-pyrrole nitrogens is 1. The van der Waals surface area contributed by atoms with Crippen molar-refractivity contribution in [2.24, 2.45) is 5.92 Å². The van der Waals surface area contributed by atoms with Gasteiger partial charge in [0.1, 0.15) is 0 Å². The number of aromatic amines is 1. The molecule has 4 rings (SSSR count). The minimum Gasteiger partial charge on any atom is -0.354 e. The molecule has 3 aromatic rings. The Balaban J connectivity index is 1.37. The van der Waals surface area contributed by atoms with Gasteiger partial charge in [-0.3, -0.25) is 9.89 Å². The maximum Gasteiger partial charge on any atom is 0.224 e. The number of hydrogen-bond acceptors (Lipinski definition) is 3. The SMILES string of the molecule is CN(C)C(CNC(=O)[C@@H]1C[C@]1(C)c1ccccc1)Cc1ccc2[nH]ncc2c1. The summed E-state index contributed by atoms with van der Waals surface area (Å²) in [5.74, 6) is 0.239. The predicted molar refractivity (Wildman–Crippen MR) is 112 cm³/mol. The standard InChI is InChI=1S/C23H28N4O/c1-23(18-7-5-4-6-8-18)13-20(23)22(28)24-15-19(27(2)3)12-16-9-10-21-17(11-16)14-25-26-21/h4-11,14,19-20H,12-13,15H2,1-3H3,(H,24,28)(H,25,26)/t19?,20-,23+/m0/s1. The molecule has 1 aliphatic rings. The Hall–Kier alpha value is -2.66. The quantitative estimate of drug-likeness (QED) is 0.666. The molecule has 1 aromatic heterocycles. The number of nitrogens with one attached hydrogen (secondary N) is 2. The fourth-order valence-electron chi connectivity index (χ4n) is 4.06. The van der Waals surface area contributed by atoms with Gasteiger partial charge in [0.25, 0.3) is 0 Å². The second-order valence-corrected chi connectivity index (χ2v) is 8.40. The summed E-state index contributed by atoms with van der Waals surface area (Å²) in [5.41, 5.74) is 3.54. The minimum atomic E-state index is -0.0225. The zero-order valence-corrected chi connectivity index (χ0v) is 16.8. The summed E-state index contributed by atoms with van der Waals surface area (Å²) < 4.78 is 0. The van der Waals surface area contributed by atoms with Gasteiger partial charge in [-0.15, -0.1) is 0 Å². The van der Waals surface area contributed by atoms with Gasteiger partial charge in [0.2, 0.25) is 5.91 Å². The molecule has 5 nitrogen and oxygen atoms in total. The summed E-state index contributed by atoms with van der Waals surface area (Å²) in [5, 5.41) is 11.4. The molecule has 2 aromatic carbocycles. The number of aromatic nitrogens is 2. The van der Waals surface area contributed by atoms with Crippen LogP contribution in [0.25, 0.3) is 10.9 Å². The van der Waals surface area contributed by atoms with E-state index in [4.69, 9.17) is 0 Å². The highest BCUT2D eigenvalue weighted by molar-refractivity contribution is 5.84. The van der Waals surface area contributed by atoms with Crippen molar-refractivity contribution in [3.63, 3.8) is 0 Å². The van der Waals surface area contributed by atoms with E-state index in [2.05, 4.69) is 71.8 Å². The fourth-order valence-corrected chi connectivity index (χ4v) is 4.06. The van der Waals surface area contributed by atoms with Crippen LogP contribution in [0.3, 0.4) is 0 Å². The smallest absolute Gasteiger partial charge is 0.224 e. The van der Waals surface area contributed by atoms with E-state index < -0.39 is 0 Å². The van der Waals surface area contributed by atoms with E-state index in [-0.39, 0.29) is 23.3 Å². The van der Waals surface area contributed by atoms with Crippen molar-refractivity contribution < 1.29 is 4.79 Å². The van der Waals surface area contributed by atoms with Gasteiger partial charge >= 0.3 is 0 Å². The van der Waals surface area contributed by atoms with Gasteiger partial charge in [0.15, 0.2) is 0 Å². The Morgan fingerprint density at radius 3 is 2.82 bits per heavy atom. The first-order chi connectivity index (χ1) is 13.5. The summed E-state index contributed by atoms with van der Waals surface area (Å²) in [6.07, 6.45) is 3.66. The number of hydrogen-bond donors (Lipinski definition) is 2. The number of benzene rings is 2. The zero-order chi connectivity index (χ0) is 19.7. The lowest BCUT2D eigenvalue weighted by Crippen LogP contribution is -2.42. The largest absolute Gasteiger partial charge is 0.354 e. The molecular formula is C23H28N4O. The predicted octanol–water partition coefficient (Wildman–Crippen LogP) is 3.13. The summed E-state index contributed by atoms with van der Waals surface area (Å²) in [6.45, 7) is 2.84. The number of carbonyl (C=O) groups is 1. The summed E-state index contributed by atoms with van der Waals surface area (Å²) in [4.78, 5) is 15.0. The van der Waals surface area contributed by atoms with Crippen LogP contribution in [-0.4, -0.2) is 47.7 Å². The van der Waals surface area contributed by atoms with Gasteiger partial charge in [-0.25, -0.2) is 0 Å². The molecule has 146 valence electrons. The highest BCUT2D eigenvalue weighted by atomic mass is 16.2. The highest BCUT2D eigenvalue weighted by Gasteiger charge is 2.55. The molecule has 3 atom stereocenters. The number of nitrogens with zero attached hydrogens (tertiary/aromatic N) is 2. The van der Waals surface area contributed by atoms with E-state index in [0.717, 1.165) is 23.7 Å². The summed E-state index contributed by atoms with van der Waals surface area (Å²) in [7, 11) is 4.14. The van der Waals surface area contributed by atoms with Gasteiger partial charge in [-0.05, 0) is 50.2 Å². The van der Waals surface area contributed by atoms with Crippen LogP contribution in [0.4, 0.5) is 0 Å². The molecule has 1 fully saturated rings. The number of carbonyl (C=O) groups excluding carboxylic acids is 1. The molecule has 1 saturated carbocycles. The maximum atomic E-state index is 12.8. The van der Waals surface area contributed by atoms with Crippen LogP contribution in [-0.2, 0) is 16.6 Å². The van der Waals surface area contributed by atoms with Crippen LogP contribution in [0.5, 0.6) is 0 Å². The van der Waals surface area contributed by atoms with Crippen molar-refractivity contribution >= 4 is 16.8 Å². The summed E-state index contributed by atoms with van der Waals surface area (Å²) >= 11 is 0. The molecule has 2 N–H and O–H groups in total. The van der Waals surface area contributed by atoms with E-state index >= 15 is 0 Å². The molecular weight excluding hydrogens is 348 g/mol. The van der Waals surface area contributed by atoms with E-state index in [1.165, 1.54) is 11.1 Å². The van der Waals surface area contributed by atoms with Crippen molar-refractivity contribution in [1.29, 1.82) is 0 Å². The molecule has 5 heteroatoms. The molecule has 0 saturated heterocycles. The lowest BCUT2D eigenvalue weighted by molar-refractivity contribution is -0.122. The number of fused-ring (bicyclic) bond motifs is 1. The third kappa shape index (κ3) is 3.67. The maximum absolute atomic E-state index is 12.8. The van der Waals surface area contributed by atoms with Crippen LogP contribution in [0.1, 0.15) is 24.5 Å². The molecule has 1 heterocycles. The van der Waals surface area contributed by atoms with Gasteiger partial charge in [-0.1, -0.05) is 43.3 Å². The van der Waals surface area contributed by atoms with E-state index in [1.807, 2.05) is 24.4 Å². The first-order valence-corrected chi connectivity index (χ1v) is 9.89. The van der Waals surface area contributed by atoms with Crippen molar-refractivity contribution in [3.8, 4) is 0 Å². The molecule has 0 spiro atoms. The zero-order valence-electron chi connectivity index (χ0n) is 16.8. The van der Waals surface area contributed by atoms with Crippen molar-refractivity contribution in [2.45, 2.75) is 31.2 Å². The normalized spacial score (nSPS) is 22.4. The molecule has 0 radical (unpaired) electrons. The van der Waals surface area contributed by atoms with Crippen LogP contribution in [0, 0.1) is 5.92 Å². The van der Waals surface area contributed by atoms with Crippen LogP contribution >= 0.6 is 0 Å². The first-order valence-electron chi connectivity index (χ1n) is 9.89. The second kappa shape index (κ2) is 7.40. The molecule has 1 aliphatic carbocycles. The Bertz CT molecular complexity index is 965. The molecule has 0 bridgehead atoms. The molecule has 28 heavy (non-hydrogen) atoms. The fraction of sp³-hybridized carbons (Fsp3) is 0.391. The Labute approximate surface area is 166 Å². The van der Waals surface area contributed by atoms with Crippen LogP contribution in [0.15, 0.2) is 54.7 Å². The highest BCUT2D eigenvalue weighted by Crippen LogP contribution is 2.53. The average Bonchev–Trinajstić information content (AvgIpc) is 3.19. The van der Waals surface area contributed by atoms with Crippen LogP contribution in [0.2, 0.25) is 0 Å². The van der Waals surface area contributed by atoms with Gasteiger partial charge < -0.3 is 10.2 Å². The van der Waals surface area contributed by atoms with Gasteiger partial charge in [0, 0.05) is 29.3 Å². The van der Waals surface area contributed by atoms with E-state index in [1.54, 1.807) is 0 Å². The molecule has 1 amide bonds. The Kier molecular flexibility index (Phi) is 4.94. The third-order valence-corrected chi connectivity index (χ3v) is 6.21. The molecule has 1 unspecified atom stereocenters. The lowest BCUT2D eigenvalue weighted by atomic mass is 9.95. The van der Waals surface area contributed by atoms with Crippen molar-refractivity contribution in [3.05, 3.63) is 65.9 Å². The summed E-state index contributed by atoms with van der Waals surface area (Å²) in [6, 6.07) is 17.0.